The third-order valence-electron chi connectivity index (χ3n) is 16.5. The summed E-state index contributed by atoms with van der Waals surface area (Å²) >= 11 is 0. The molecule has 0 fully saturated rings. The molecular weight excluding hydrogens is 1020 g/mol. The molecule has 0 radical (unpaired) electrons. The van der Waals surface area contributed by atoms with Gasteiger partial charge in [-0.15, -0.1) is 0 Å². The molecule has 0 amide bonds. The second-order valence-corrected chi connectivity index (χ2v) is 24.8. The molecule has 484 valence electrons. The van der Waals surface area contributed by atoms with E-state index in [-0.39, 0.29) is 31.1 Å². The Morgan fingerprint density at radius 2 is 0.470 bits per heavy atom. The highest BCUT2D eigenvalue weighted by molar-refractivity contribution is 5.71. The first-order valence-corrected chi connectivity index (χ1v) is 36.8. The maximum Gasteiger partial charge on any atom is 0.306 e. The zero-order chi connectivity index (χ0) is 59.9. The number of allylic oxidation sites excluding steroid dienone is 10. The summed E-state index contributed by atoms with van der Waals surface area (Å²) in [5.41, 5.74) is 0. The van der Waals surface area contributed by atoms with Gasteiger partial charge in [-0.2, -0.15) is 0 Å². The van der Waals surface area contributed by atoms with Gasteiger partial charge in [0.1, 0.15) is 13.2 Å². The van der Waals surface area contributed by atoms with Gasteiger partial charge in [-0.1, -0.05) is 351 Å². The van der Waals surface area contributed by atoms with Crippen LogP contribution in [0, 0.1) is 0 Å². The lowest BCUT2D eigenvalue weighted by atomic mass is 10.0. The van der Waals surface area contributed by atoms with E-state index in [0.29, 0.717) is 19.3 Å². The monoisotopic (exact) mass is 1160 g/mol. The standard InChI is InChI=1S/C77H140O6/c1-4-7-10-13-16-19-22-25-28-31-33-35-37-38-40-41-43-46-49-52-55-58-61-64-67-70-76(79)82-73-74(72-81-75(78)69-66-63-60-57-54-51-48-45-30-27-24-21-18-15-12-9-6-3)83-77(80)71-68-65-62-59-56-53-50-47-44-42-39-36-34-32-29-26-23-20-17-14-11-8-5-2/h7,10,16,19,25,28,32-35,74H,4-6,8-9,11-15,17-18,20-24,26-27,29-31,36-73H2,1-3H3/b10-7-,19-16-,28-25-,34-32-,35-33-. The first kappa shape index (κ1) is 80.1. The molecule has 0 aromatic rings. The highest BCUT2D eigenvalue weighted by Gasteiger charge is 2.19. The van der Waals surface area contributed by atoms with Gasteiger partial charge in [0, 0.05) is 19.3 Å². The van der Waals surface area contributed by atoms with Crippen LogP contribution in [0.1, 0.15) is 393 Å². The van der Waals surface area contributed by atoms with E-state index in [4.69, 9.17) is 14.2 Å². The summed E-state index contributed by atoms with van der Waals surface area (Å²) < 4.78 is 17.0. The molecule has 0 saturated heterocycles. The van der Waals surface area contributed by atoms with Gasteiger partial charge in [-0.25, -0.2) is 0 Å². The maximum absolute atomic E-state index is 13.0. The first-order valence-electron chi connectivity index (χ1n) is 36.8. The van der Waals surface area contributed by atoms with Gasteiger partial charge in [0.15, 0.2) is 6.10 Å². The Labute approximate surface area is 517 Å². The van der Waals surface area contributed by atoms with Crippen LogP contribution in [0.4, 0.5) is 0 Å². The van der Waals surface area contributed by atoms with Crippen molar-refractivity contribution >= 4 is 17.9 Å². The predicted molar refractivity (Wildman–Crippen MR) is 362 cm³/mol. The maximum atomic E-state index is 13.0. The molecule has 0 aliphatic heterocycles. The van der Waals surface area contributed by atoms with Crippen molar-refractivity contribution in [1.82, 2.24) is 0 Å². The van der Waals surface area contributed by atoms with Crippen molar-refractivity contribution in [2.45, 2.75) is 399 Å². The van der Waals surface area contributed by atoms with Crippen LogP contribution in [-0.4, -0.2) is 37.2 Å². The number of ether oxygens (including phenoxy) is 3. The van der Waals surface area contributed by atoms with Crippen LogP contribution in [-0.2, 0) is 28.6 Å². The van der Waals surface area contributed by atoms with E-state index in [0.717, 1.165) is 83.5 Å². The lowest BCUT2D eigenvalue weighted by molar-refractivity contribution is -0.167. The van der Waals surface area contributed by atoms with Crippen LogP contribution >= 0.6 is 0 Å². The molecule has 0 aromatic carbocycles. The Hall–Kier alpha value is -2.89. The summed E-state index contributed by atoms with van der Waals surface area (Å²) in [6, 6.07) is 0. The van der Waals surface area contributed by atoms with E-state index >= 15 is 0 Å². The number of unbranched alkanes of at least 4 members (excludes halogenated alkanes) is 47. The Kier molecular flexibility index (Phi) is 69.1. The van der Waals surface area contributed by atoms with Gasteiger partial charge in [0.2, 0.25) is 0 Å². The van der Waals surface area contributed by atoms with Crippen LogP contribution < -0.4 is 0 Å². The van der Waals surface area contributed by atoms with E-state index in [1.165, 1.54) is 270 Å². The highest BCUT2D eigenvalue weighted by Crippen LogP contribution is 2.18. The Morgan fingerprint density at radius 3 is 0.747 bits per heavy atom. The number of rotatable bonds is 68. The molecule has 0 aromatic heterocycles. The fourth-order valence-electron chi connectivity index (χ4n) is 11.0. The Bertz CT molecular complexity index is 1470. The quantitative estimate of drug-likeness (QED) is 0.0261. The van der Waals surface area contributed by atoms with Crippen LogP contribution in [0.15, 0.2) is 60.8 Å². The average Bonchev–Trinajstić information content (AvgIpc) is 3.49. The summed E-state index contributed by atoms with van der Waals surface area (Å²) in [7, 11) is 0. The second kappa shape index (κ2) is 71.6. The molecule has 0 aliphatic rings. The smallest absolute Gasteiger partial charge is 0.306 e. The van der Waals surface area contributed by atoms with Crippen molar-refractivity contribution in [1.29, 1.82) is 0 Å². The van der Waals surface area contributed by atoms with Gasteiger partial charge < -0.3 is 14.2 Å². The van der Waals surface area contributed by atoms with Gasteiger partial charge in [0.05, 0.1) is 0 Å². The van der Waals surface area contributed by atoms with E-state index in [1.54, 1.807) is 0 Å². The second-order valence-electron chi connectivity index (χ2n) is 24.8. The predicted octanol–water partition coefficient (Wildman–Crippen LogP) is 25.5. The van der Waals surface area contributed by atoms with E-state index in [9.17, 15) is 14.4 Å². The molecule has 0 aliphatic carbocycles. The summed E-state index contributed by atoms with van der Waals surface area (Å²) in [5.74, 6) is -0.843. The minimum atomic E-state index is -0.775. The third-order valence-corrected chi connectivity index (χ3v) is 16.5. The number of carbonyl (C=O) groups excluding carboxylic acids is 3. The number of hydrogen-bond donors (Lipinski definition) is 0. The molecule has 1 atom stereocenters. The zero-order valence-corrected chi connectivity index (χ0v) is 55.7. The van der Waals surface area contributed by atoms with Gasteiger partial charge in [0.25, 0.3) is 0 Å². The van der Waals surface area contributed by atoms with Crippen molar-refractivity contribution in [3.8, 4) is 0 Å². The molecule has 0 spiro atoms. The van der Waals surface area contributed by atoms with Crippen molar-refractivity contribution in [2.24, 2.45) is 0 Å². The summed E-state index contributed by atoms with van der Waals surface area (Å²) in [4.78, 5) is 38.5. The third kappa shape index (κ3) is 69.8. The molecule has 1 unspecified atom stereocenters. The van der Waals surface area contributed by atoms with Crippen LogP contribution in [0.25, 0.3) is 0 Å². The van der Waals surface area contributed by atoms with Crippen molar-refractivity contribution < 1.29 is 28.6 Å². The largest absolute Gasteiger partial charge is 0.462 e. The topological polar surface area (TPSA) is 78.9 Å². The summed E-state index contributed by atoms with van der Waals surface area (Å²) in [6.45, 7) is 6.60. The van der Waals surface area contributed by atoms with Gasteiger partial charge in [-0.3, -0.25) is 14.4 Å². The first-order chi connectivity index (χ1) is 41.0. The van der Waals surface area contributed by atoms with E-state index < -0.39 is 6.10 Å². The minimum Gasteiger partial charge on any atom is -0.462 e. The fraction of sp³-hybridized carbons (Fsp3) is 0.831. The Morgan fingerprint density at radius 1 is 0.253 bits per heavy atom. The van der Waals surface area contributed by atoms with Gasteiger partial charge in [-0.05, 0) is 83.5 Å². The van der Waals surface area contributed by atoms with Crippen LogP contribution in [0.2, 0.25) is 0 Å². The Balaban J connectivity index is 4.31. The van der Waals surface area contributed by atoms with Crippen molar-refractivity contribution in [3.05, 3.63) is 60.8 Å². The lowest BCUT2D eigenvalue weighted by Crippen LogP contribution is -2.30. The van der Waals surface area contributed by atoms with Crippen molar-refractivity contribution in [3.63, 3.8) is 0 Å². The van der Waals surface area contributed by atoms with E-state index in [2.05, 4.69) is 81.5 Å². The number of carbonyl (C=O) groups is 3. The summed E-state index contributed by atoms with van der Waals surface area (Å²) in [6.07, 6.45) is 92.5. The molecule has 0 bridgehead atoms. The molecule has 6 heteroatoms. The molecular formula is C77H140O6. The molecule has 0 saturated carbocycles. The lowest BCUT2D eigenvalue weighted by Gasteiger charge is -2.18. The molecule has 6 nitrogen and oxygen atoms in total. The fourth-order valence-corrected chi connectivity index (χ4v) is 11.0. The average molecular weight is 1160 g/mol. The van der Waals surface area contributed by atoms with Crippen LogP contribution in [0.5, 0.6) is 0 Å². The number of esters is 3. The SMILES string of the molecule is CC/C=C\C/C=C\C/C=C\C/C=C\CCCCCCCCCCCCCCC(=O)OCC(COC(=O)CCCCCCCCCCCCCCCCCCC)OC(=O)CCCCCCCCCCCCC/C=C\CCCCCCCCCC. The molecule has 83 heavy (non-hydrogen) atoms. The normalized spacial score (nSPS) is 12.4. The van der Waals surface area contributed by atoms with Gasteiger partial charge >= 0.3 is 17.9 Å². The highest BCUT2D eigenvalue weighted by atomic mass is 16.6. The van der Waals surface area contributed by atoms with Crippen LogP contribution in [0.3, 0.4) is 0 Å². The molecule has 0 rings (SSSR count). The number of hydrogen-bond acceptors (Lipinski definition) is 6. The molecule has 0 heterocycles. The molecule has 0 N–H and O–H groups in total. The zero-order valence-electron chi connectivity index (χ0n) is 55.7. The minimum absolute atomic E-state index is 0.0695. The van der Waals surface area contributed by atoms with Crippen molar-refractivity contribution in [2.75, 3.05) is 13.2 Å². The van der Waals surface area contributed by atoms with E-state index in [1.807, 2.05) is 0 Å². The summed E-state index contributed by atoms with van der Waals surface area (Å²) in [5, 5.41) is 0.